The highest BCUT2D eigenvalue weighted by atomic mass is 79.9. The van der Waals surface area contributed by atoms with Crippen LogP contribution in [0, 0.1) is 0 Å². The molecule has 1 aromatic heterocycles. The number of carbonyl (C=O) groups is 5. The van der Waals surface area contributed by atoms with Crippen molar-refractivity contribution in [2.75, 3.05) is 24.8 Å². The number of carbonyl (C=O) groups excluding carboxylic acids is 4. The van der Waals surface area contributed by atoms with Gasteiger partial charge in [0.25, 0.3) is 11.8 Å². The number of nitrogens with two attached hydrogens (primary N) is 1. The molecule has 0 aliphatic carbocycles. The Morgan fingerprint density at radius 1 is 1.45 bits per heavy atom. The Labute approximate surface area is 201 Å². The second kappa shape index (κ2) is 10.2. The zero-order valence-electron chi connectivity index (χ0n) is 16.6. The van der Waals surface area contributed by atoms with Gasteiger partial charge in [-0.15, -0.1) is 11.8 Å². The first-order valence-electron chi connectivity index (χ1n) is 8.80. The third kappa shape index (κ3) is 4.93. The summed E-state index contributed by atoms with van der Waals surface area (Å²) in [6.07, 6.45) is -0.662. The number of hydrogen-bond acceptors (Lipinski definition) is 11. The normalized spacial score (nSPS) is 19.9. The smallest absolute Gasteiger partial charge is 0.404 e. The van der Waals surface area contributed by atoms with Crippen LogP contribution in [0.4, 0.5) is 9.93 Å². The molecule has 2 aliphatic rings. The number of aliphatic carboxylic acids is 1. The number of nitrogens with one attached hydrogen (secondary N) is 2. The van der Waals surface area contributed by atoms with Crippen LogP contribution < -0.4 is 16.4 Å². The number of amides is 4. The minimum atomic E-state index is -1.38. The van der Waals surface area contributed by atoms with Crippen LogP contribution in [-0.2, 0) is 28.8 Å². The number of anilines is 1. The molecule has 4 amide bonds. The Hall–Kier alpha value is -3.18. The molecule has 1 saturated heterocycles. The van der Waals surface area contributed by atoms with Gasteiger partial charge < -0.3 is 31.0 Å². The predicted octanol–water partition coefficient (Wildman–Crippen LogP) is -0.342. The van der Waals surface area contributed by atoms with Crippen LogP contribution in [0.15, 0.2) is 20.2 Å². The highest BCUT2D eigenvalue weighted by molar-refractivity contribution is 9.11. The Kier molecular flexibility index (Phi) is 7.54. The average Bonchev–Trinajstić information content (AvgIpc) is 3.12. The van der Waals surface area contributed by atoms with Crippen molar-refractivity contribution in [3.8, 4) is 0 Å². The summed E-state index contributed by atoms with van der Waals surface area (Å²) in [5.41, 5.74) is 4.60. The Bertz CT molecular complexity index is 1090. The second-order valence-corrected chi connectivity index (χ2v) is 9.67. The number of halogens is 1. The van der Waals surface area contributed by atoms with Gasteiger partial charge >= 0.3 is 12.1 Å². The lowest BCUT2D eigenvalue weighted by Crippen LogP contribution is -2.71. The summed E-state index contributed by atoms with van der Waals surface area (Å²) in [6, 6.07) is -1.05. The number of fused-ring (bicyclic) bond motifs is 1. The molecule has 176 valence electrons. The Balaban J connectivity index is 1.79. The number of aromatic nitrogens is 1. The number of carboxylic acids is 1. The fourth-order valence-corrected chi connectivity index (χ4v) is 5.72. The van der Waals surface area contributed by atoms with Gasteiger partial charge in [-0.05, 0) is 15.9 Å². The number of primary amides is 1. The van der Waals surface area contributed by atoms with Gasteiger partial charge in [-0.3, -0.25) is 19.3 Å². The third-order valence-electron chi connectivity index (χ3n) is 4.32. The number of β-lactam (4-membered cyclic amide) rings is 1. The number of oxime groups is 1. The maximum Gasteiger partial charge on any atom is 0.404 e. The molecule has 3 rings (SSSR count). The van der Waals surface area contributed by atoms with Gasteiger partial charge in [0.1, 0.15) is 40.3 Å². The molecular weight excluding hydrogens is 548 g/mol. The number of nitrogens with zero attached hydrogens (tertiary/aromatic N) is 3. The molecule has 3 heterocycles. The van der Waals surface area contributed by atoms with Crippen molar-refractivity contribution in [3.63, 3.8) is 0 Å². The molecule has 0 saturated carbocycles. The largest absolute Gasteiger partial charge is 0.477 e. The predicted molar refractivity (Wildman–Crippen MR) is 118 cm³/mol. The van der Waals surface area contributed by atoms with E-state index in [9.17, 15) is 29.1 Å². The summed E-state index contributed by atoms with van der Waals surface area (Å²) >= 11 is 5.44. The molecule has 0 radical (unpaired) electrons. The van der Waals surface area contributed by atoms with Gasteiger partial charge in [-0.1, -0.05) is 16.5 Å². The summed E-state index contributed by atoms with van der Waals surface area (Å²) in [7, 11) is 1.21. The van der Waals surface area contributed by atoms with E-state index in [4.69, 9.17) is 10.6 Å². The third-order valence-corrected chi connectivity index (χ3v) is 7.29. The molecule has 0 bridgehead atoms. The molecule has 0 aromatic carbocycles. The second-order valence-electron chi connectivity index (χ2n) is 6.25. The number of ether oxygens (including phenoxy) is 1. The van der Waals surface area contributed by atoms with Crippen molar-refractivity contribution in [2.24, 2.45) is 10.9 Å². The number of carboxylic acid groups (broad SMARTS) is 1. The summed E-state index contributed by atoms with van der Waals surface area (Å²) in [6.45, 7) is -0.378. The van der Waals surface area contributed by atoms with Crippen molar-refractivity contribution in [1.29, 1.82) is 0 Å². The number of hydrogen-bond donors (Lipinski definition) is 4. The Morgan fingerprint density at radius 2 is 2.18 bits per heavy atom. The lowest BCUT2D eigenvalue weighted by atomic mass is 10.0. The first kappa shape index (κ1) is 24.5. The van der Waals surface area contributed by atoms with Crippen LogP contribution in [0.5, 0.6) is 0 Å². The fourth-order valence-electron chi connectivity index (χ4n) is 3.01. The number of rotatable bonds is 9. The van der Waals surface area contributed by atoms with Gasteiger partial charge in [0, 0.05) is 11.3 Å². The van der Waals surface area contributed by atoms with E-state index in [0.29, 0.717) is 10.2 Å². The monoisotopic (exact) mass is 562 g/mol. The quantitative estimate of drug-likeness (QED) is 0.133. The first-order chi connectivity index (χ1) is 15.7. The van der Waals surface area contributed by atoms with E-state index >= 15 is 0 Å². The summed E-state index contributed by atoms with van der Waals surface area (Å²) in [4.78, 5) is 68.7. The van der Waals surface area contributed by atoms with Crippen molar-refractivity contribution in [3.05, 3.63) is 20.8 Å². The van der Waals surface area contributed by atoms with E-state index in [0.717, 1.165) is 16.2 Å². The molecule has 33 heavy (non-hydrogen) atoms. The van der Waals surface area contributed by atoms with E-state index in [1.165, 1.54) is 18.9 Å². The van der Waals surface area contributed by atoms with Gasteiger partial charge in [0.2, 0.25) is 6.41 Å². The topological polar surface area (TPSA) is 203 Å². The van der Waals surface area contributed by atoms with Gasteiger partial charge in [-0.25, -0.2) is 14.6 Å². The minimum absolute atomic E-state index is 0.0700. The first-order valence-corrected chi connectivity index (χ1v) is 11.5. The zero-order valence-corrected chi connectivity index (χ0v) is 19.8. The van der Waals surface area contributed by atoms with Crippen molar-refractivity contribution in [2.45, 2.75) is 11.4 Å². The van der Waals surface area contributed by atoms with Crippen molar-refractivity contribution < 1.29 is 38.7 Å². The summed E-state index contributed by atoms with van der Waals surface area (Å²) < 4.78 is 5.04. The average molecular weight is 563 g/mol. The summed E-state index contributed by atoms with van der Waals surface area (Å²) in [5, 5.41) is 17.6. The van der Waals surface area contributed by atoms with E-state index in [-0.39, 0.29) is 40.2 Å². The molecule has 14 nitrogen and oxygen atoms in total. The maximum absolute atomic E-state index is 12.9. The van der Waals surface area contributed by atoms with E-state index in [1.807, 2.05) is 0 Å². The van der Waals surface area contributed by atoms with Crippen LogP contribution >= 0.6 is 39.0 Å². The molecule has 17 heteroatoms. The molecular formula is C16H15BrN6O8S2. The molecule has 1 fully saturated rings. The van der Waals surface area contributed by atoms with Crippen LogP contribution in [0.1, 0.15) is 5.69 Å². The van der Waals surface area contributed by atoms with Crippen LogP contribution in [0.3, 0.4) is 0 Å². The SMILES string of the molecule is CON=C(C(=O)NC1C(=O)N2C(C(=O)O)=C(COC(N)=O)CS[C@@H]12)c1nc(NC=O)sc1Br. The van der Waals surface area contributed by atoms with Crippen LogP contribution in [0.25, 0.3) is 0 Å². The van der Waals surface area contributed by atoms with Crippen molar-refractivity contribution in [1.82, 2.24) is 15.2 Å². The van der Waals surface area contributed by atoms with Crippen LogP contribution in [0.2, 0.25) is 0 Å². The standard InChI is InChI=1S/C16H15BrN6O8S2/c1-30-22-7(6-10(17)33-16(21-6)19-4-24)11(25)20-8-12(26)23-9(14(27)28)5(2-31-15(18)29)3-32-13(8)23/h4,8,13H,2-3H2,1H3,(H2,18,29)(H,20,25)(H,27,28)(H,19,21,24)/t8?,13-/m0/s1. The molecule has 1 aromatic rings. The lowest BCUT2D eigenvalue weighted by molar-refractivity contribution is -0.150. The van der Waals surface area contributed by atoms with Crippen LogP contribution in [-0.4, -0.2) is 81.9 Å². The molecule has 1 unspecified atom stereocenters. The number of thiazole rings is 1. The molecule has 2 aliphatic heterocycles. The molecule has 5 N–H and O–H groups in total. The van der Waals surface area contributed by atoms with Gasteiger partial charge in [-0.2, -0.15) is 0 Å². The van der Waals surface area contributed by atoms with Crippen molar-refractivity contribution >= 4 is 80.2 Å². The highest BCUT2D eigenvalue weighted by Crippen LogP contribution is 2.40. The lowest BCUT2D eigenvalue weighted by Gasteiger charge is -2.49. The molecule has 0 spiro atoms. The van der Waals surface area contributed by atoms with E-state index < -0.39 is 35.3 Å². The summed E-state index contributed by atoms with van der Waals surface area (Å²) in [5.74, 6) is -2.73. The Morgan fingerprint density at radius 3 is 2.79 bits per heavy atom. The van der Waals surface area contributed by atoms with Gasteiger partial charge in [0.05, 0.1) is 0 Å². The minimum Gasteiger partial charge on any atom is -0.477 e. The van der Waals surface area contributed by atoms with E-state index in [2.05, 4.69) is 41.4 Å². The zero-order chi connectivity index (χ0) is 24.3. The highest BCUT2D eigenvalue weighted by Gasteiger charge is 2.54. The fraction of sp³-hybridized carbons (Fsp3) is 0.312. The van der Waals surface area contributed by atoms with E-state index in [1.54, 1.807) is 0 Å². The number of thioether (sulfide) groups is 1. The van der Waals surface area contributed by atoms with Gasteiger partial charge in [0.15, 0.2) is 10.8 Å². The maximum atomic E-state index is 12.9. The molecule has 2 atom stereocenters.